The largest absolute Gasteiger partial charge is 0.497 e. The third-order valence-corrected chi connectivity index (χ3v) is 3.35. The maximum absolute atomic E-state index is 5.93. The molecule has 0 bridgehead atoms. The van der Waals surface area contributed by atoms with Crippen molar-refractivity contribution in [3.05, 3.63) is 36.5 Å². The zero-order valence-electron chi connectivity index (χ0n) is 9.38. The van der Waals surface area contributed by atoms with Gasteiger partial charge in [-0.3, -0.25) is 0 Å². The van der Waals surface area contributed by atoms with Crippen LogP contribution in [0.1, 0.15) is 0 Å². The molecule has 0 radical (unpaired) electrons. The minimum atomic E-state index is 0.646. The summed E-state index contributed by atoms with van der Waals surface area (Å²) in [5.41, 5.74) is 13.0. The molecule has 5 heteroatoms. The highest BCUT2D eigenvalue weighted by atomic mass is 32.2. The second-order valence-corrected chi connectivity index (χ2v) is 4.43. The molecule has 0 amide bonds. The first-order chi connectivity index (χ1) is 8.20. The molecule has 0 aliphatic carbocycles. The summed E-state index contributed by atoms with van der Waals surface area (Å²) in [7, 11) is 1.61. The van der Waals surface area contributed by atoms with Gasteiger partial charge in [0.25, 0.3) is 0 Å². The Hall–Kier alpha value is -1.88. The van der Waals surface area contributed by atoms with Gasteiger partial charge in [0.05, 0.1) is 12.8 Å². The maximum atomic E-state index is 5.93. The van der Waals surface area contributed by atoms with Gasteiger partial charge in [0.1, 0.15) is 10.8 Å². The number of methoxy groups -OCH3 is 1. The van der Waals surface area contributed by atoms with Gasteiger partial charge in [0, 0.05) is 22.8 Å². The van der Waals surface area contributed by atoms with Crippen molar-refractivity contribution in [3.8, 4) is 5.75 Å². The van der Waals surface area contributed by atoms with Gasteiger partial charge < -0.3 is 16.2 Å². The van der Waals surface area contributed by atoms with Crippen molar-refractivity contribution in [1.82, 2.24) is 4.98 Å². The summed E-state index contributed by atoms with van der Waals surface area (Å²) < 4.78 is 5.09. The Labute approximate surface area is 104 Å². The molecule has 1 heterocycles. The Balaban J connectivity index is 2.28. The Morgan fingerprint density at radius 1 is 1.18 bits per heavy atom. The summed E-state index contributed by atoms with van der Waals surface area (Å²) in [6.45, 7) is 0. The van der Waals surface area contributed by atoms with Gasteiger partial charge in [0.2, 0.25) is 0 Å². The first-order valence-corrected chi connectivity index (χ1v) is 5.84. The van der Waals surface area contributed by atoms with Gasteiger partial charge in [-0.1, -0.05) is 11.8 Å². The number of hydrogen-bond donors (Lipinski definition) is 2. The molecule has 0 fully saturated rings. The van der Waals surface area contributed by atoms with E-state index in [0.717, 1.165) is 15.7 Å². The summed E-state index contributed by atoms with van der Waals surface area (Å²) in [5.74, 6) is 0.737. The smallest absolute Gasteiger partial charge is 0.124 e. The van der Waals surface area contributed by atoms with Gasteiger partial charge >= 0.3 is 0 Å². The van der Waals surface area contributed by atoms with Crippen LogP contribution < -0.4 is 16.2 Å². The highest BCUT2D eigenvalue weighted by Gasteiger charge is 2.06. The zero-order valence-corrected chi connectivity index (χ0v) is 10.2. The quantitative estimate of drug-likeness (QED) is 0.815. The van der Waals surface area contributed by atoms with E-state index in [1.165, 1.54) is 11.8 Å². The molecule has 0 aliphatic heterocycles. The van der Waals surface area contributed by atoms with E-state index in [9.17, 15) is 0 Å². The van der Waals surface area contributed by atoms with Crippen LogP contribution in [0.2, 0.25) is 0 Å². The number of benzene rings is 1. The second-order valence-electron chi connectivity index (χ2n) is 3.40. The molecular formula is C12H13N3OS. The van der Waals surface area contributed by atoms with Crippen molar-refractivity contribution in [2.75, 3.05) is 18.6 Å². The molecule has 0 atom stereocenters. The summed E-state index contributed by atoms with van der Waals surface area (Å²) >= 11 is 1.44. The molecule has 0 aliphatic rings. The molecule has 4 N–H and O–H groups in total. The van der Waals surface area contributed by atoms with Crippen LogP contribution in [0, 0.1) is 0 Å². The van der Waals surface area contributed by atoms with Crippen molar-refractivity contribution < 1.29 is 4.74 Å². The van der Waals surface area contributed by atoms with Gasteiger partial charge in [-0.05, 0) is 24.3 Å². The molecule has 0 saturated carbocycles. The SMILES string of the molecule is COc1ccc(Sc2ncccc2N)c(N)c1. The summed E-state index contributed by atoms with van der Waals surface area (Å²) in [5, 5.41) is 0.754. The molecule has 0 unspecified atom stereocenters. The zero-order chi connectivity index (χ0) is 12.3. The van der Waals surface area contributed by atoms with E-state index >= 15 is 0 Å². The molecular weight excluding hydrogens is 234 g/mol. The minimum absolute atomic E-state index is 0.646. The first-order valence-electron chi connectivity index (χ1n) is 5.02. The van der Waals surface area contributed by atoms with Crippen molar-refractivity contribution in [2.24, 2.45) is 0 Å². The average Bonchev–Trinajstić information content (AvgIpc) is 2.34. The number of hydrogen-bond acceptors (Lipinski definition) is 5. The van der Waals surface area contributed by atoms with E-state index in [-0.39, 0.29) is 0 Å². The minimum Gasteiger partial charge on any atom is -0.497 e. The van der Waals surface area contributed by atoms with E-state index in [0.29, 0.717) is 11.4 Å². The standard InChI is InChI=1S/C12H13N3OS/c1-16-8-4-5-11(10(14)7-8)17-12-9(13)3-2-6-15-12/h2-7H,13-14H2,1H3. The fourth-order valence-corrected chi connectivity index (χ4v) is 2.16. The monoisotopic (exact) mass is 247 g/mol. The van der Waals surface area contributed by atoms with Crippen LogP contribution in [0.3, 0.4) is 0 Å². The molecule has 1 aromatic carbocycles. The molecule has 4 nitrogen and oxygen atoms in total. The second kappa shape index (κ2) is 4.97. The number of anilines is 2. The number of rotatable bonds is 3. The normalized spacial score (nSPS) is 10.2. The molecule has 0 saturated heterocycles. The lowest BCUT2D eigenvalue weighted by Gasteiger charge is -2.08. The Morgan fingerprint density at radius 2 is 2.00 bits per heavy atom. The highest BCUT2D eigenvalue weighted by molar-refractivity contribution is 7.99. The van der Waals surface area contributed by atoms with Gasteiger partial charge in [0.15, 0.2) is 0 Å². The highest BCUT2D eigenvalue weighted by Crippen LogP contribution is 2.35. The van der Waals surface area contributed by atoms with Crippen LogP contribution in [0.25, 0.3) is 0 Å². The van der Waals surface area contributed by atoms with Crippen molar-refractivity contribution in [1.29, 1.82) is 0 Å². The number of nitrogens with zero attached hydrogens (tertiary/aromatic N) is 1. The number of aromatic nitrogens is 1. The van der Waals surface area contributed by atoms with Crippen molar-refractivity contribution in [3.63, 3.8) is 0 Å². The van der Waals surface area contributed by atoms with Crippen LogP contribution in [-0.4, -0.2) is 12.1 Å². The van der Waals surface area contributed by atoms with E-state index in [1.807, 2.05) is 18.2 Å². The van der Waals surface area contributed by atoms with E-state index < -0.39 is 0 Å². The molecule has 1 aromatic heterocycles. The Bertz CT molecular complexity index is 531. The number of nitrogen functional groups attached to an aromatic ring is 2. The van der Waals surface area contributed by atoms with E-state index in [4.69, 9.17) is 16.2 Å². The van der Waals surface area contributed by atoms with Crippen molar-refractivity contribution in [2.45, 2.75) is 9.92 Å². The number of pyridine rings is 1. The summed E-state index contributed by atoms with van der Waals surface area (Å²) in [4.78, 5) is 5.12. The van der Waals surface area contributed by atoms with Gasteiger partial charge in [-0.15, -0.1) is 0 Å². The third kappa shape index (κ3) is 2.62. The lowest BCUT2D eigenvalue weighted by atomic mass is 10.3. The fourth-order valence-electron chi connectivity index (χ4n) is 1.34. The fraction of sp³-hybridized carbons (Fsp3) is 0.0833. The van der Waals surface area contributed by atoms with E-state index in [2.05, 4.69) is 4.98 Å². The maximum Gasteiger partial charge on any atom is 0.124 e. The molecule has 88 valence electrons. The Morgan fingerprint density at radius 3 is 2.65 bits per heavy atom. The molecule has 0 spiro atoms. The predicted molar refractivity (Wildman–Crippen MR) is 70.2 cm³/mol. The average molecular weight is 247 g/mol. The molecule has 2 rings (SSSR count). The predicted octanol–water partition coefficient (Wildman–Crippen LogP) is 2.41. The third-order valence-electron chi connectivity index (χ3n) is 2.22. The van der Waals surface area contributed by atoms with Crippen LogP contribution in [0.4, 0.5) is 11.4 Å². The van der Waals surface area contributed by atoms with Crippen LogP contribution in [0.15, 0.2) is 46.5 Å². The number of nitrogens with two attached hydrogens (primary N) is 2. The first kappa shape index (κ1) is 11.6. The summed E-state index contributed by atoms with van der Waals surface area (Å²) in [6, 6.07) is 9.15. The van der Waals surface area contributed by atoms with Crippen LogP contribution >= 0.6 is 11.8 Å². The lowest BCUT2D eigenvalue weighted by molar-refractivity contribution is 0.415. The topological polar surface area (TPSA) is 74.2 Å². The van der Waals surface area contributed by atoms with Crippen molar-refractivity contribution >= 4 is 23.1 Å². The van der Waals surface area contributed by atoms with Gasteiger partial charge in [-0.2, -0.15) is 0 Å². The summed E-state index contributed by atoms with van der Waals surface area (Å²) in [6.07, 6.45) is 1.71. The van der Waals surface area contributed by atoms with Crippen LogP contribution in [-0.2, 0) is 0 Å². The van der Waals surface area contributed by atoms with E-state index in [1.54, 1.807) is 25.4 Å². The molecule has 2 aromatic rings. The number of ether oxygens (including phenoxy) is 1. The van der Waals surface area contributed by atoms with Gasteiger partial charge in [-0.25, -0.2) is 4.98 Å². The Kier molecular flexibility index (Phi) is 3.39. The molecule has 17 heavy (non-hydrogen) atoms. The lowest BCUT2D eigenvalue weighted by Crippen LogP contribution is -1.93. The van der Waals surface area contributed by atoms with Crippen LogP contribution in [0.5, 0.6) is 5.75 Å².